The lowest BCUT2D eigenvalue weighted by atomic mass is 10.2. The molecule has 0 radical (unpaired) electrons. The average molecular weight is 312 g/mol. The molecule has 23 heavy (non-hydrogen) atoms. The molecule has 0 bridgehead atoms. The Morgan fingerprint density at radius 3 is 2.43 bits per heavy atom. The summed E-state index contributed by atoms with van der Waals surface area (Å²) in [5, 5.41) is 2.82. The zero-order valence-electron chi connectivity index (χ0n) is 13.5. The van der Waals surface area contributed by atoms with E-state index in [4.69, 9.17) is 4.74 Å². The zero-order valence-corrected chi connectivity index (χ0v) is 13.5. The summed E-state index contributed by atoms with van der Waals surface area (Å²) in [5.41, 5.74) is 1.97. The third kappa shape index (κ3) is 4.32. The molecule has 0 saturated heterocycles. The topological polar surface area (TPSA) is 58.6 Å². The minimum absolute atomic E-state index is 0.0467. The van der Waals surface area contributed by atoms with Gasteiger partial charge in [0, 0.05) is 30.9 Å². The van der Waals surface area contributed by atoms with E-state index < -0.39 is 0 Å². The van der Waals surface area contributed by atoms with E-state index in [1.807, 2.05) is 13.0 Å². The molecular weight excluding hydrogens is 292 g/mol. The first-order valence-electron chi connectivity index (χ1n) is 7.40. The highest BCUT2D eigenvalue weighted by atomic mass is 16.5. The Bertz CT molecular complexity index is 696. The van der Waals surface area contributed by atoms with Gasteiger partial charge in [0.05, 0.1) is 6.61 Å². The highest BCUT2D eigenvalue weighted by Gasteiger charge is 2.09. The van der Waals surface area contributed by atoms with Crippen molar-refractivity contribution in [1.82, 2.24) is 0 Å². The Hall–Kier alpha value is -2.82. The summed E-state index contributed by atoms with van der Waals surface area (Å²) < 4.78 is 5.39. The summed E-state index contributed by atoms with van der Waals surface area (Å²) in [6, 6.07) is 14.1. The monoisotopic (exact) mass is 312 g/mol. The van der Waals surface area contributed by atoms with E-state index in [1.54, 1.807) is 49.5 Å². The fourth-order valence-electron chi connectivity index (χ4n) is 2.05. The molecule has 0 fully saturated rings. The maximum Gasteiger partial charge on any atom is 0.255 e. The SMILES string of the molecule is CCOc1cccc(C(=O)Nc2ccc(N(C)C(C)=O)cc2)c1. The number of benzene rings is 2. The largest absolute Gasteiger partial charge is 0.494 e. The normalized spacial score (nSPS) is 10.0. The molecule has 0 spiro atoms. The van der Waals surface area contributed by atoms with Gasteiger partial charge in [0.25, 0.3) is 5.91 Å². The molecule has 2 aromatic carbocycles. The molecule has 0 heterocycles. The molecule has 2 amide bonds. The van der Waals surface area contributed by atoms with Gasteiger partial charge in [-0.25, -0.2) is 0 Å². The van der Waals surface area contributed by atoms with Crippen molar-refractivity contribution in [3.05, 3.63) is 54.1 Å². The Morgan fingerprint density at radius 1 is 1.13 bits per heavy atom. The van der Waals surface area contributed by atoms with Crippen molar-refractivity contribution >= 4 is 23.2 Å². The number of anilines is 2. The summed E-state index contributed by atoms with van der Waals surface area (Å²) in [6.45, 7) is 3.95. The average Bonchev–Trinajstić information content (AvgIpc) is 2.55. The van der Waals surface area contributed by atoms with E-state index >= 15 is 0 Å². The van der Waals surface area contributed by atoms with Gasteiger partial charge >= 0.3 is 0 Å². The van der Waals surface area contributed by atoms with Crippen molar-refractivity contribution in [2.24, 2.45) is 0 Å². The summed E-state index contributed by atoms with van der Waals surface area (Å²) in [4.78, 5) is 25.1. The Morgan fingerprint density at radius 2 is 1.83 bits per heavy atom. The maximum absolute atomic E-state index is 12.3. The van der Waals surface area contributed by atoms with E-state index in [9.17, 15) is 9.59 Å². The quantitative estimate of drug-likeness (QED) is 0.921. The van der Waals surface area contributed by atoms with Crippen LogP contribution in [0.5, 0.6) is 5.75 Å². The van der Waals surface area contributed by atoms with E-state index in [1.165, 1.54) is 11.8 Å². The fourth-order valence-corrected chi connectivity index (χ4v) is 2.05. The molecule has 0 aliphatic carbocycles. The number of ether oxygens (including phenoxy) is 1. The third-order valence-corrected chi connectivity index (χ3v) is 3.39. The van der Waals surface area contributed by atoms with Gasteiger partial charge in [-0.05, 0) is 49.4 Å². The molecule has 0 aromatic heterocycles. The van der Waals surface area contributed by atoms with Gasteiger partial charge in [0.1, 0.15) is 5.75 Å². The zero-order chi connectivity index (χ0) is 16.8. The lowest BCUT2D eigenvalue weighted by molar-refractivity contribution is -0.116. The Labute approximate surface area is 135 Å². The number of carbonyl (C=O) groups excluding carboxylic acids is 2. The number of hydrogen-bond acceptors (Lipinski definition) is 3. The second kappa shape index (κ2) is 7.45. The first kappa shape index (κ1) is 16.5. The van der Waals surface area contributed by atoms with Crippen LogP contribution in [0.1, 0.15) is 24.2 Å². The number of nitrogens with zero attached hydrogens (tertiary/aromatic N) is 1. The lowest BCUT2D eigenvalue weighted by Gasteiger charge is -2.15. The molecule has 120 valence electrons. The van der Waals surface area contributed by atoms with Crippen molar-refractivity contribution in [2.75, 3.05) is 23.9 Å². The molecule has 2 aromatic rings. The smallest absolute Gasteiger partial charge is 0.255 e. The molecule has 0 atom stereocenters. The van der Waals surface area contributed by atoms with Crippen LogP contribution in [-0.4, -0.2) is 25.5 Å². The number of carbonyl (C=O) groups is 2. The van der Waals surface area contributed by atoms with Gasteiger partial charge in [-0.1, -0.05) is 6.07 Å². The minimum atomic E-state index is -0.209. The number of hydrogen-bond donors (Lipinski definition) is 1. The van der Waals surface area contributed by atoms with Crippen molar-refractivity contribution in [1.29, 1.82) is 0 Å². The van der Waals surface area contributed by atoms with Crippen LogP contribution in [0, 0.1) is 0 Å². The molecule has 2 rings (SSSR count). The minimum Gasteiger partial charge on any atom is -0.494 e. The fraction of sp³-hybridized carbons (Fsp3) is 0.222. The maximum atomic E-state index is 12.3. The van der Waals surface area contributed by atoms with Crippen LogP contribution in [0.15, 0.2) is 48.5 Å². The van der Waals surface area contributed by atoms with Crippen LogP contribution < -0.4 is 15.0 Å². The van der Waals surface area contributed by atoms with Crippen LogP contribution in [0.2, 0.25) is 0 Å². The molecular formula is C18H20N2O3. The van der Waals surface area contributed by atoms with Crippen LogP contribution in [-0.2, 0) is 4.79 Å². The van der Waals surface area contributed by atoms with Crippen molar-refractivity contribution in [3.8, 4) is 5.75 Å². The van der Waals surface area contributed by atoms with Crippen molar-refractivity contribution in [3.63, 3.8) is 0 Å². The first-order chi connectivity index (χ1) is 11.0. The van der Waals surface area contributed by atoms with Gasteiger partial charge in [-0.2, -0.15) is 0 Å². The van der Waals surface area contributed by atoms with Gasteiger partial charge in [0.15, 0.2) is 0 Å². The lowest BCUT2D eigenvalue weighted by Crippen LogP contribution is -2.22. The molecule has 0 aliphatic rings. The Balaban J connectivity index is 2.08. The van der Waals surface area contributed by atoms with Gasteiger partial charge in [-0.3, -0.25) is 9.59 Å². The van der Waals surface area contributed by atoms with Crippen LogP contribution in [0.4, 0.5) is 11.4 Å². The Kier molecular flexibility index (Phi) is 5.36. The van der Waals surface area contributed by atoms with Gasteiger partial charge in [0.2, 0.25) is 5.91 Å². The molecule has 1 N–H and O–H groups in total. The second-order valence-corrected chi connectivity index (χ2v) is 5.04. The highest BCUT2D eigenvalue weighted by Crippen LogP contribution is 2.19. The molecule has 0 unspecified atom stereocenters. The first-order valence-corrected chi connectivity index (χ1v) is 7.40. The number of nitrogens with one attached hydrogen (secondary N) is 1. The molecule has 0 aliphatic heterocycles. The third-order valence-electron chi connectivity index (χ3n) is 3.39. The second-order valence-electron chi connectivity index (χ2n) is 5.04. The number of rotatable bonds is 5. The van der Waals surface area contributed by atoms with Gasteiger partial charge in [-0.15, -0.1) is 0 Å². The molecule has 5 nitrogen and oxygen atoms in total. The van der Waals surface area contributed by atoms with Crippen LogP contribution in [0.25, 0.3) is 0 Å². The predicted molar refractivity (Wildman–Crippen MR) is 91.1 cm³/mol. The van der Waals surface area contributed by atoms with E-state index in [0.717, 1.165) is 5.69 Å². The van der Waals surface area contributed by atoms with Crippen molar-refractivity contribution < 1.29 is 14.3 Å². The summed E-state index contributed by atoms with van der Waals surface area (Å²) >= 11 is 0. The van der Waals surface area contributed by atoms with Gasteiger partial charge < -0.3 is 15.0 Å². The van der Waals surface area contributed by atoms with Crippen molar-refractivity contribution in [2.45, 2.75) is 13.8 Å². The number of amides is 2. The predicted octanol–water partition coefficient (Wildman–Crippen LogP) is 3.32. The highest BCUT2D eigenvalue weighted by molar-refractivity contribution is 6.04. The summed E-state index contributed by atoms with van der Waals surface area (Å²) in [7, 11) is 1.70. The molecule has 0 saturated carbocycles. The van der Waals surface area contributed by atoms with Crippen LogP contribution in [0.3, 0.4) is 0 Å². The van der Waals surface area contributed by atoms with Crippen LogP contribution >= 0.6 is 0 Å². The van der Waals surface area contributed by atoms with E-state index in [-0.39, 0.29) is 11.8 Å². The van der Waals surface area contributed by atoms with E-state index in [2.05, 4.69) is 5.32 Å². The standard InChI is InChI=1S/C18H20N2O3/c1-4-23-17-7-5-6-14(12-17)18(22)19-15-8-10-16(11-9-15)20(3)13(2)21/h5-12H,4H2,1-3H3,(H,19,22). The van der Waals surface area contributed by atoms with E-state index in [0.29, 0.717) is 23.6 Å². The summed E-state index contributed by atoms with van der Waals surface area (Å²) in [6.07, 6.45) is 0. The summed E-state index contributed by atoms with van der Waals surface area (Å²) in [5.74, 6) is 0.410. The molecule has 5 heteroatoms.